The first-order valence-corrected chi connectivity index (χ1v) is 49.9. The van der Waals surface area contributed by atoms with E-state index in [1.807, 2.05) is 45.3 Å². The lowest BCUT2D eigenvalue weighted by Crippen LogP contribution is -2.09. The van der Waals surface area contributed by atoms with Crippen LogP contribution in [0, 0.1) is 0 Å². The summed E-state index contributed by atoms with van der Waals surface area (Å²) in [5, 5.41) is 33.6. The number of nitrogens with zero attached hydrogens (tertiary/aromatic N) is 5. The highest BCUT2D eigenvalue weighted by Crippen LogP contribution is 2.52. The van der Waals surface area contributed by atoms with Crippen molar-refractivity contribution in [2.75, 3.05) is 4.90 Å². The van der Waals surface area contributed by atoms with Crippen LogP contribution in [-0.4, -0.2) is 18.3 Å². The van der Waals surface area contributed by atoms with Crippen molar-refractivity contribution in [3.05, 3.63) is 479 Å². The Morgan fingerprint density at radius 3 is 0.964 bits per heavy atom. The quantitative estimate of drug-likeness (QED) is 0.125. The second kappa shape index (κ2) is 32.0. The Morgan fingerprint density at radius 1 is 0.182 bits per heavy atom. The van der Waals surface area contributed by atoms with Crippen molar-refractivity contribution in [3.8, 4) is 56.1 Å². The van der Waals surface area contributed by atoms with Gasteiger partial charge in [-0.3, -0.25) is 0 Å². The number of benzene rings is 22. The minimum Gasteiger partial charge on any atom is -0.317 e. The van der Waals surface area contributed by atoms with Crippen LogP contribution in [-0.2, 0) is 0 Å². The maximum atomic E-state index is 2.43. The summed E-state index contributed by atoms with van der Waals surface area (Å²) in [6.07, 6.45) is 6.60. The van der Waals surface area contributed by atoms with E-state index in [-0.39, 0.29) is 0 Å². The zero-order chi connectivity index (χ0) is 89.9. The first kappa shape index (κ1) is 78.9. The topological polar surface area (TPSA) is 23.0 Å². The van der Waals surface area contributed by atoms with E-state index < -0.39 is 0 Å². The Kier molecular flexibility index (Phi) is 18.4. The molecule has 8 heterocycles. The fraction of sp³-hybridized carbons (Fsp3) is 0. The number of thiophene rings is 4. The van der Waals surface area contributed by atoms with Gasteiger partial charge in [0.2, 0.25) is 0 Å². The molecule has 0 N–H and O–H groups in total. The van der Waals surface area contributed by atoms with E-state index in [1.54, 1.807) is 0 Å². The molecule has 30 rings (SSSR count). The summed E-state index contributed by atoms with van der Waals surface area (Å²) in [7, 11) is 0. The van der Waals surface area contributed by atoms with Crippen LogP contribution in [0.15, 0.2) is 479 Å². The highest BCUT2D eigenvalue weighted by atomic mass is 32.1. The van der Waals surface area contributed by atoms with E-state index in [9.17, 15) is 0 Å². The number of aromatic nitrogens is 4. The summed E-state index contributed by atoms with van der Waals surface area (Å²) >= 11 is 7.57. The van der Waals surface area contributed by atoms with Crippen LogP contribution in [0.1, 0.15) is 0 Å². The zero-order valence-electron chi connectivity index (χ0n) is 74.0. The van der Waals surface area contributed by atoms with Crippen molar-refractivity contribution in [1.29, 1.82) is 0 Å². The molecule has 0 aliphatic carbocycles. The average molecular weight is 1820 g/mol. The van der Waals surface area contributed by atoms with Gasteiger partial charge in [0, 0.05) is 178 Å². The SMILES string of the molecule is c1ccc(-n2ccc3cc4c(cc(-c5ccc6c(c5)c5ccccc5n6-c5ccccc5)c5ccc6c7ccccc7sc6c54)cc32)cc1.c1ccc(-n2ccc3cc4c(cc(-c5csc6ccccc56)c5ccc6c7ccccc7sc6c54)cc32)cc1.c1ccc(N(c2ccccc2)c2ccc(-c3cc4cc5c(ccn5-c5ccccc5)cc4c4c3ccc3c5ccccc5sc34)cc2)cc1. The van der Waals surface area contributed by atoms with Crippen LogP contribution in [0.5, 0.6) is 0 Å². The van der Waals surface area contributed by atoms with Crippen molar-refractivity contribution in [2.24, 2.45) is 0 Å². The van der Waals surface area contributed by atoms with E-state index in [1.165, 1.54) is 246 Å². The van der Waals surface area contributed by atoms with Gasteiger partial charge in [0.05, 0.1) is 27.6 Å². The number of para-hydroxylation sites is 7. The Labute approximate surface area is 803 Å². The summed E-state index contributed by atoms with van der Waals surface area (Å²) < 4.78 is 18.7. The van der Waals surface area contributed by atoms with Crippen molar-refractivity contribution in [3.63, 3.8) is 0 Å². The van der Waals surface area contributed by atoms with E-state index in [0.717, 1.165) is 17.1 Å². The Morgan fingerprint density at radius 2 is 0.518 bits per heavy atom. The third kappa shape index (κ3) is 12.9. The van der Waals surface area contributed by atoms with Gasteiger partial charge in [-0.1, -0.05) is 255 Å². The van der Waals surface area contributed by atoms with Crippen molar-refractivity contribution >= 4 is 252 Å². The Hall–Kier alpha value is -16.8. The summed E-state index contributed by atoms with van der Waals surface area (Å²) in [6, 6.07) is 166. The number of hydrogen-bond acceptors (Lipinski definition) is 5. The van der Waals surface area contributed by atoms with E-state index in [0.29, 0.717) is 0 Å². The molecule has 137 heavy (non-hydrogen) atoms. The highest BCUT2D eigenvalue weighted by molar-refractivity contribution is 7.27. The average Bonchev–Trinajstić information content (AvgIpc) is 1.63. The predicted molar refractivity (Wildman–Crippen MR) is 594 cm³/mol. The fourth-order valence-corrected chi connectivity index (χ4v) is 26.6. The molecule has 0 saturated heterocycles. The third-order valence-corrected chi connectivity index (χ3v) is 32.7. The summed E-state index contributed by atoms with van der Waals surface area (Å²) in [5.74, 6) is 0. The Balaban J connectivity index is 0.000000102. The van der Waals surface area contributed by atoms with Crippen LogP contribution in [0.2, 0.25) is 0 Å². The molecule has 0 aliphatic rings. The minimum absolute atomic E-state index is 1.13. The molecule has 0 saturated carbocycles. The largest absolute Gasteiger partial charge is 0.317 e. The van der Waals surface area contributed by atoms with Crippen molar-refractivity contribution in [1.82, 2.24) is 18.3 Å². The number of rotatable bonds is 10. The van der Waals surface area contributed by atoms with Gasteiger partial charge in [0.25, 0.3) is 0 Å². The van der Waals surface area contributed by atoms with Crippen molar-refractivity contribution in [2.45, 2.75) is 0 Å². The second-order valence-electron chi connectivity index (χ2n) is 35.7. The first-order valence-electron chi connectivity index (χ1n) is 46.6. The van der Waals surface area contributed by atoms with Gasteiger partial charge in [0.1, 0.15) is 0 Å². The molecule has 30 aromatic rings. The number of hydrogen-bond donors (Lipinski definition) is 0. The van der Waals surface area contributed by atoms with Crippen LogP contribution >= 0.6 is 45.3 Å². The van der Waals surface area contributed by atoms with E-state index in [2.05, 4.69) is 502 Å². The van der Waals surface area contributed by atoms with Crippen LogP contribution in [0.25, 0.3) is 246 Å². The van der Waals surface area contributed by atoms with Gasteiger partial charge >= 0.3 is 0 Å². The van der Waals surface area contributed by atoms with Gasteiger partial charge in [-0.05, 0) is 282 Å². The second-order valence-corrected chi connectivity index (χ2v) is 39.8. The van der Waals surface area contributed by atoms with Crippen LogP contribution < -0.4 is 4.90 Å². The predicted octanol–water partition coefficient (Wildman–Crippen LogP) is 37.7. The minimum atomic E-state index is 1.13. The normalized spacial score (nSPS) is 11.9. The molecule has 8 aromatic heterocycles. The fourth-order valence-electron chi connectivity index (χ4n) is 21.9. The lowest BCUT2D eigenvalue weighted by molar-refractivity contribution is 1.13. The Bertz CT molecular complexity index is 10100. The molecule has 0 amide bonds. The number of anilines is 3. The molecule has 22 aromatic carbocycles. The molecule has 9 heteroatoms. The van der Waals surface area contributed by atoms with E-state index >= 15 is 0 Å². The van der Waals surface area contributed by atoms with Crippen LogP contribution in [0.3, 0.4) is 0 Å². The molecule has 0 aliphatic heterocycles. The van der Waals surface area contributed by atoms with Gasteiger partial charge in [0.15, 0.2) is 0 Å². The lowest BCUT2D eigenvalue weighted by Gasteiger charge is -2.25. The number of fused-ring (bicyclic) bond motifs is 28. The molecule has 0 atom stereocenters. The molecular weight excluding hydrogens is 1740 g/mol. The zero-order valence-corrected chi connectivity index (χ0v) is 77.2. The molecule has 640 valence electrons. The molecule has 0 unspecified atom stereocenters. The first-order chi connectivity index (χ1) is 67.9. The molecule has 0 fully saturated rings. The van der Waals surface area contributed by atoms with Gasteiger partial charge in [-0.25, -0.2) is 0 Å². The summed E-state index contributed by atoms with van der Waals surface area (Å²) in [5.41, 5.74) is 21.8. The van der Waals surface area contributed by atoms with Crippen molar-refractivity contribution < 1.29 is 0 Å². The third-order valence-electron chi connectivity index (χ3n) is 28.1. The van der Waals surface area contributed by atoms with Gasteiger partial charge < -0.3 is 23.2 Å². The highest BCUT2D eigenvalue weighted by Gasteiger charge is 2.25. The summed E-state index contributed by atoms with van der Waals surface area (Å²) in [4.78, 5) is 2.32. The van der Waals surface area contributed by atoms with Gasteiger partial charge in [-0.2, -0.15) is 0 Å². The maximum absolute atomic E-state index is 2.43. The maximum Gasteiger partial charge on any atom is 0.0541 e. The van der Waals surface area contributed by atoms with E-state index in [4.69, 9.17) is 0 Å². The molecule has 5 nitrogen and oxygen atoms in total. The molecule has 0 bridgehead atoms. The van der Waals surface area contributed by atoms with Crippen LogP contribution in [0.4, 0.5) is 17.1 Å². The molecule has 0 spiro atoms. The lowest BCUT2D eigenvalue weighted by atomic mass is 9.91. The molecule has 0 radical (unpaired) electrons. The van der Waals surface area contributed by atoms with Gasteiger partial charge in [-0.15, -0.1) is 45.3 Å². The monoisotopic (exact) mass is 1810 g/mol. The standard InChI is InChI=1S/C46H28N2S.C46H30N2S.C36H21NS2/c1-3-11-32(12-4-1)47-24-23-30-26-39-31(28-43(30)47)27-38(36-20-21-37-35-16-8-10-18-44(35)49-46(37)45(36)39)29-19-22-42-40(25-29)34-15-7-9-17-41(34)48(42)33-13-5-2-6-14-33;1-4-12-34(13-5-1)47-27-26-32-28-42-33(30-43(32)47)29-41(39-24-25-40-38-18-10-11-19-44(38)49-46(40)45(39)42)31-20-22-37(23-21-31)48(35-14-6-2-7-15-35)36-16-8-3-9-17-36;1-2-8-24(9-3-1)37-17-16-22-18-29-23(20-32(22)37)19-30(31-21-38-33-12-6-4-11-26(31)33)27-14-15-28-25-10-5-7-13-34(25)39-36(28)35(27)29/h1-28H;1-30H;1-21H. The molecular formula is C128H79N5S4. The summed E-state index contributed by atoms with van der Waals surface area (Å²) in [6.45, 7) is 0. The smallest absolute Gasteiger partial charge is 0.0541 e.